The molecule has 0 saturated heterocycles. The number of halogens is 2. The van der Waals surface area contributed by atoms with Crippen molar-refractivity contribution >= 4 is 63.8 Å². The average Bonchev–Trinajstić information content (AvgIpc) is 2.34. The van der Waals surface area contributed by atoms with E-state index in [9.17, 15) is 0 Å². The lowest BCUT2D eigenvalue weighted by molar-refractivity contribution is 0.280. The Kier molecular flexibility index (Phi) is 8.74. The van der Waals surface area contributed by atoms with Gasteiger partial charge in [0.05, 0.1) is 23.3 Å². The van der Waals surface area contributed by atoms with Gasteiger partial charge in [-0.05, 0) is 43.9 Å². The van der Waals surface area contributed by atoms with E-state index in [2.05, 4.69) is 0 Å². The summed E-state index contributed by atoms with van der Waals surface area (Å²) in [5.74, 6) is 0. The Bertz CT molecular complexity index is 455. The Morgan fingerprint density at radius 3 is 2.47 bits per heavy atom. The van der Waals surface area contributed by atoms with Crippen molar-refractivity contribution in [3.8, 4) is 0 Å². The van der Waals surface area contributed by atoms with Crippen LogP contribution in [0.5, 0.6) is 0 Å². The number of hydrogen-bond donors (Lipinski definition) is 0. The summed E-state index contributed by atoms with van der Waals surface area (Å²) in [4.78, 5) is 0.941. The van der Waals surface area contributed by atoms with Gasteiger partial charge in [-0.3, -0.25) is 0 Å². The van der Waals surface area contributed by atoms with Crippen LogP contribution in [0.15, 0.2) is 23.1 Å². The third kappa shape index (κ3) is 6.58. The van der Waals surface area contributed by atoms with Gasteiger partial charge in [-0.2, -0.15) is 0 Å². The number of rotatable bonds is 8. The van der Waals surface area contributed by atoms with E-state index in [-0.39, 0.29) is 1.43 Å². The fourth-order valence-electron chi connectivity index (χ4n) is 1.17. The van der Waals surface area contributed by atoms with Gasteiger partial charge < -0.3 is 9.05 Å². The van der Waals surface area contributed by atoms with Crippen LogP contribution in [0, 0.1) is 0 Å². The van der Waals surface area contributed by atoms with Crippen LogP contribution in [0.4, 0.5) is 0 Å². The summed E-state index contributed by atoms with van der Waals surface area (Å²) in [5.41, 5.74) is -2.23. The average molecular weight is 378 g/mol. The van der Waals surface area contributed by atoms with E-state index in [4.69, 9.17) is 44.1 Å². The predicted molar refractivity (Wildman–Crippen MR) is 93.4 cm³/mol. The molecule has 1 aromatic rings. The maximum atomic E-state index is 6.10. The van der Waals surface area contributed by atoms with Gasteiger partial charge in [-0.15, -0.1) is 11.8 Å². The molecule has 0 aliphatic carbocycles. The lowest BCUT2D eigenvalue weighted by Crippen LogP contribution is -1.92. The standard InChI is InChI=1S/C11H15Cl2O2PS3/c1-3-14-16(17,15-4-2)19-8-18-11-7-9(12)5-6-10(11)13/h5-7H,3-4,8H2,1-2H3/p+1. The van der Waals surface area contributed by atoms with Crippen molar-refractivity contribution in [2.45, 2.75) is 18.7 Å². The Balaban J connectivity index is 0.00000361. The Labute approximate surface area is 139 Å². The highest BCUT2D eigenvalue weighted by molar-refractivity contribution is 8.69. The van der Waals surface area contributed by atoms with Crippen molar-refractivity contribution in [2.75, 3.05) is 18.3 Å². The molecule has 0 spiro atoms. The first-order chi connectivity index (χ1) is 9.00. The zero-order valence-corrected chi connectivity index (χ0v) is 15.5. The number of thioether (sulfide) groups is 1. The molecule has 0 radical (unpaired) electrons. The molecule has 0 aliphatic heterocycles. The van der Waals surface area contributed by atoms with Crippen LogP contribution in [-0.2, 0) is 20.9 Å². The smallest absolute Gasteiger partial charge is 0.322 e. The lowest BCUT2D eigenvalue weighted by Gasteiger charge is -2.19. The van der Waals surface area contributed by atoms with Crippen LogP contribution >= 0.6 is 52.0 Å². The van der Waals surface area contributed by atoms with E-state index in [1.165, 1.54) is 11.4 Å². The van der Waals surface area contributed by atoms with Crippen LogP contribution in [-0.4, -0.2) is 18.3 Å². The van der Waals surface area contributed by atoms with Crippen molar-refractivity contribution in [1.82, 2.24) is 0 Å². The van der Waals surface area contributed by atoms with E-state index < -0.39 is 5.69 Å². The second-order valence-electron chi connectivity index (χ2n) is 3.25. The zero-order chi connectivity index (χ0) is 14.3. The highest BCUT2D eigenvalue weighted by Gasteiger charge is 2.18. The number of hydrogen-bond acceptors (Lipinski definition) is 5. The second-order valence-corrected chi connectivity index (χ2v) is 11.8. The van der Waals surface area contributed by atoms with E-state index >= 15 is 0 Å². The molecule has 2 nitrogen and oxygen atoms in total. The number of benzene rings is 1. The molecule has 0 saturated carbocycles. The van der Waals surface area contributed by atoms with E-state index in [1.807, 2.05) is 19.9 Å². The Morgan fingerprint density at radius 2 is 1.89 bits per heavy atom. The van der Waals surface area contributed by atoms with Gasteiger partial charge in [0, 0.05) is 9.92 Å². The Hall–Kier alpha value is 1.07. The van der Waals surface area contributed by atoms with Crippen LogP contribution in [0.3, 0.4) is 0 Å². The first-order valence-corrected chi connectivity index (χ1v) is 11.6. The minimum atomic E-state index is -2.23. The normalized spacial score (nSPS) is 11.8. The van der Waals surface area contributed by atoms with Gasteiger partial charge in [-0.1, -0.05) is 34.6 Å². The quantitative estimate of drug-likeness (QED) is 0.304. The third-order valence-electron chi connectivity index (χ3n) is 1.89. The van der Waals surface area contributed by atoms with E-state index in [0.29, 0.717) is 23.3 Å². The summed E-state index contributed by atoms with van der Waals surface area (Å²) in [6.45, 7) is 4.96. The van der Waals surface area contributed by atoms with E-state index in [0.717, 1.165) is 9.98 Å². The van der Waals surface area contributed by atoms with Crippen LogP contribution in [0.1, 0.15) is 15.3 Å². The summed E-state index contributed by atoms with van der Waals surface area (Å²) in [6.07, 6.45) is 0. The first kappa shape index (κ1) is 18.1. The fraction of sp³-hybridized carbons (Fsp3) is 0.455. The molecule has 1 rings (SSSR count). The zero-order valence-electron chi connectivity index (χ0n) is 11.6. The van der Waals surface area contributed by atoms with Crippen molar-refractivity contribution in [2.24, 2.45) is 0 Å². The Morgan fingerprint density at radius 1 is 1.26 bits per heavy atom. The van der Waals surface area contributed by atoms with Crippen molar-refractivity contribution < 1.29 is 10.5 Å². The molecule has 0 aliphatic rings. The van der Waals surface area contributed by atoms with Gasteiger partial charge in [0.2, 0.25) is 5.69 Å². The summed E-state index contributed by atoms with van der Waals surface area (Å²) in [5, 5.41) is 2.08. The maximum Gasteiger partial charge on any atom is 1.00 e. The van der Waals surface area contributed by atoms with Gasteiger partial charge in [0.25, 0.3) is 0 Å². The summed E-state index contributed by atoms with van der Waals surface area (Å²) < 4.78 is 11.1. The van der Waals surface area contributed by atoms with Crippen molar-refractivity contribution in [1.29, 1.82) is 0 Å². The van der Waals surface area contributed by atoms with Crippen molar-refractivity contribution in [3.63, 3.8) is 0 Å². The highest BCUT2D eigenvalue weighted by atomic mass is 35.5. The minimum Gasteiger partial charge on any atom is -0.322 e. The maximum absolute atomic E-state index is 6.10. The van der Waals surface area contributed by atoms with Gasteiger partial charge in [-0.25, -0.2) is 0 Å². The fourth-order valence-corrected chi connectivity index (χ4v) is 8.71. The van der Waals surface area contributed by atoms with Crippen LogP contribution in [0.25, 0.3) is 0 Å². The molecule has 8 heteroatoms. The molecule has 0 unspecified atom stereocenters. The monoisotopic (exact) mass is 377 g/mol. The molecule has 0 bridgehead atoms. The van der Waals surface area contributed by atoms with Gasteiger partial charge in [0.15, 0.2) is 0 Å². The largest absolute Gasteiger partial charge is 1.00 e. The third-order valence-corrected chi connectivity index (χ3v) is 9.69. The summed E-state index contributed by atoms with van der Waals surface area (Å²) in [6, 6.07) is 5.41. The summed E-state index contributed by atoms with van der Waals surface area (Å²) >= 11 is 20.6. The minimum absolute atomic E-state index is 0. The van der Waals surface area contributed by atoms with Crippen LogP contribution < -0.4 is 0 Å². The molecule has 108 valence electrons. The molecule has 19 heavy (non-hydrogen) atoms. The lowest BCUT2D eigenvalue weighted by atomic mass is 10.4. The topological polar surface area (TPSA) is 18.5 Å². The predicted octanol–water partition coefficient (Wildman–Crippen LogP) is 6.19. The molecule has 0 atom stereocenters. The molecule has 0 fully saturated rings. The van der Waals surface area contributed by atoms with Gasteiger partial charge >= 0.3 is 1.43 Å². The molecule has 0 N–H and O–H groups in total. The van der Waals surface area contributed by atoms with E-state index in [1.54, 1.807) is 23.9 Å². The summed E-state index contributed by atoms with van der Waals surface area (Å²) in [7, 11) is 0. The van der Waals surface area contributed by atoms with Crippen LogP contribution in [0.2, 0.25) is 10.0 Å². The molecular formula is C11H16Cl2O2PS3+. The molecular weight excluding hydrogens is 362 g/mol. The molecule has 1 aromatic carbocycles. The molecule has 0 heterocycles. The SMILES string of the molecule is CCOP(=S)(OCC)SCSc1cc(Cl)ccc1Cl.[H+]. The van der Waals surface area contributed by atoms with Gasteiger partial charge in [0.1, 0.15) is 0 Å². The second kappa shape index (κ2) is 9.16. The highest BCUT2D eigenvalue weighted by Crippen LogP contribution is 2.62. The van der Waals surface area contributed by atoms with Crippen molar-refractivity contribution in [3.05, 3.63) is 28.2 Å². The first-order valence-electron chi connectivity index (χ1n) is 5.62. The molecule has 0 amide bonds. The molecule has 0 aromatic heterocycles.